The number of nitrogens with zero attached hydrogens (tertiary/aromatic N) is 4. The predicted molar refractivity (Wildman–Crippen MR) is 189 cm³/mol. The topological polar surface area (TPSA) is 123 Å². The van der Waals surface area contributed by atoms with Gasteiger partial charge in [-0.2, -0.15) is 0 Å². The van der Waals surface area contributed by atoms with E-state index in [0.29, 0.717) is 26.3 Å². The molecule has 1 saturated heterocycles. The molecule has 1 saturated carbocycles. The quantitative estimate of drug-likeness (QED) is 0.217. The molecule has 250 valence electrons. The number of aryl methyl sites for hydroxylation is 2. The van der Waals surface area contributed by atoms with E-state index in [1.807, 2.05) is 41.5 Å². The minimum atomic E-state index is -3.76. The van der Waals surface area contributed by atoms with Gasteiger partial charge in [0.15, 0.2) is 0 Å². The fraction of sp³-hybridized carbons (Fsp3) is 0.389. The van der Waals surface area contributed by atoms with Crippen LogP contribution in [0.15, 0.2) is 48.5 Å². The van der Waals surface area contributed by atoms with Gasteiger partial charge in [-0.05, 0) is 74.1 Å². The van der Waals surface area contributed by atoms with Crippen LogP contribution in [0.1, 0.15) is 64.6 Å². The second-order valence-corrected chi connectivity index (χ2v) is 15.8. The Bertz CT molecular complexity index is 2160. The number of benzene rings is 2. The lowest BCUT2D eigenvalue weighted by Gasteiger charge is -2.28. The van der Waals surface area contributed by atoms with Crippen molar-refractivity contribution in [3.63, 3.8) is 0 Å². The molecule has 2 amide bonds. The highest BCUT2D eigenvalue weighted by Crippen LogP contribution is 2.45. The van der Waals surface area contributed by atoms with Crippen molar-refractivity contribution in [2.45, 2.75) is 58.4 Å². The van der Waals surface area contributed by atoms with Gasteiger partial charge in [0, 0.05) is 29.4 Å². The molecule has 0 spiro atoms. The van der Waals surface area contributed by atoms with Crippen LogP contribution in [0.2, 0.25) is 0 Å². The average molecular weight is 686 g/mol. The molecule has 2 aliphatic rings. The number of aromatic nitrogens is 3. The number of carbonyl (C=O) groups is 2. The van der Waals surface area contributed by atoms with Crippen LogP contribution in [0.3, 0.4) is 0 Å². The van der Waals surface area contributed by atoms with Crippen LogP contribution in [-0.2, 0) is 26.1 Å². The molecule has 10 nitrogen and oxygen atoms in total. The number of pyridine rings is 1. The van der Waals surface area contributed by atoms with Gasteiger partial charge in [-0.15, -0.1) is 11.3 Å². The first kappa shape index (κ1) is 32.4. The summed E-state index contributed by atoms with van der Waals surface area (Å²) in [5, 5.41) is 2.97. The summed E-state index contributed by atoms with van der Waals surface area (Å²) in [5.41, 5.74) is 6.79. The smallest absolute Gasteiger partial charge is 0.264 e. The van der Waals surface area contributed by atoms with E-state index in [0.717, 1.165) is 86.3 Å². The minimum absolute atomic E-state index is 0.0278. The SMILES string of the molecule is Cc1nc(C)c(-c2ccc3cc(-c4c(C5CCCCC5)c5ccc(C(=O)NS(C)(=O)=O)cc5n4CC(=O)N4CCOCC4)ccc3n2)s1. The molecule has 48 heavy (non-hydrogen) atoms. The first-order chi connectivity index (χ1) is 23.1. The van der Waals surface area contributed by atoms with Crippen LogP contribution in [0.4, 0.5) is 0 Å². The van der Waals surface area contributed by atoms with Crippen LogP contribution >= 0.6 is 11.3 Å². The second-order valence-electron chi connectivity index (χ2n) is 12.9. The molecule has 12 heteroatoms. The molecular weight excluding hydrogens is 647 g/mol. The number of sulfonamides is 1. The maximum Gasteiger partial charge on any atom is 0.264 e. The fourth-order valence-corrected chi connectivity index (χ4v) is 8.59. The van der Waals surface area contributed by atoms with Gasteiger partial charge in [-0.1, -0.05) is 37.5 Å². The number of morpholine rings is 1. The molecule has 2 fully saturated rings. The van der Waals surface area contributed by atoms with Gasteiger partial charge in [0.1, 0.15) is 6.54 Å². The minimum Gasteiger partial charge on any atom is -0.378 e. The number of thiazole rings is 1. The summed E-state index contributed by atoms with van der Waals surface area (Å²) >= 11 is 1.64. The second kappa shape index (κ2) is 13.1. The monoisotopic (exact) mass is 685 g/mol. The first-order valence-electron chi connectivity index (χ1n) is 16.4. The lowest BCUT2D eigenvalue weighted by Crippen LogP contribution is -2.42. The van der Waals surface area contributed by atoms with Crippen LogP contribution in [0, 0.1) is 13.8 Å². The number of carbonyl (C=O) groups excluding carboxylic acids is 2. The molecule has 4 heterocycles. The number of hydrogen-bond donors (Lipinski definition) is 1. The summed E-state index contributed by atoms with van der Waals surface area (Å²) in [6, 6.07) is 15.7. The van der Waals surface area contributed by atoms with Gasteiger partial charge in [0.2, 0.25) is 15.9 Å². The third kappa shape index (κ3) is 6.48. The molecule has 1 aliphatic heterocycles. The molecule has 3 aromatic heterocycles. The van der Waals surface area contributed by atoms with Crippen molar-refractivity contribution in [3.05, 3.63) is 70.4 Å². The maximum absolute atomic E-state index is 13.9. The molecule has 7 rings (SSSR count). The van der Waals surface area contributed by atoms with Crippen LogP contribution in [0.25, 0.3) is 43.6 Å². The number of hydrogen-bond acceptors (Lipinski definition) is 8. The highest BCUT2D eigenvalue weighted by Gasteiger charge is 2.29. The molecular formula is C36H39N5O5S2. The van der Waals surface area contributed by atoms with E-state index in [1.165, 1.54) is 12.0 Å². The molecule has 0 unspecified atom stereocenters. The van der Waals surface area contributed by atoms with Crippen molar-refractivity contribution in [1.82, 2.24) is 24.2 Å². The third-order valence-corrected chi connectivity index (χ3v) is 11.1. The molecule has 5 aromatic rings. The lowest BCUT2D eigenvalue weighted by atomic mass is 9.81. The third-order valence-electron chi connectivity index (χ3n) is 9.41. The van der Waals surface area contributed by atoms with E-state index in [-0.39, 0.29) is 23.9 Å². The zero-order valence-corrected chi connectivity index (χ0v) is 29.0. The summed E-state index contributed by atoms with van der Waals surface area (Å²) in [4.78, 5) is 39.4. The Kier molecular flexibility index (Phi) is 8.82. The van der Waals surface area contributed by atoms with Crippen LogP contribution in [0.5, 0.6) is 0 Å². The molecule has 1 N–H and O–H groups in total. The largest absolute Gasteiger partial charge is 0.378 e. The standard InChI is InChI=1S/C36H39N5O5S2/c1-22-35(47-23(2)37-22)30-14-10-25-19-26(11-13-29(25)38-30)34-33(24-7-5-4-6-8-24)28-12-9-27(36(43)39-48(3,44)45)20-31(28)41(34)21-32(42)40-15-17-46-18-16-40/h9-14,19-20,24H,4-8,15-18,21H2,1-3H3,(H,39,43). The zero-order valence-electron chi connectivity index (χ0n) is 27.4. The number of fused-ring (bicyclic) bond motifs is 2. The van der Waals surface area contributed by atoms with Gasteiger partial charge >= 0.3 is 0 Å². The van der Waals surface area contributed by atoms with Crippen molar-refractivity contribution in [2.24, 2.45) is 0 Å². The Morgan fingerprint density at radius 1 is 0.979 bits per heavy atom. The Morgan fingerprint density at radius 3 is 2.46 bits per heavy atom. The lowest BCUT2D eigenvalue weighted by molar-refractivity contribution is -0.135. The van der Waals surface area contributed by atoms with Crippen molar-refractivity contribution in [2.75, 3.05) is 32.6 Å². The van der Waals surface area contributed by atoms with Crippen LogP contribution in [-0.4, -0.2) is 72.2 Å². The molecule has 0 bridgehead atoms. The predicted octanol–water partition coefficient (Wildman–Crippen LogP) is 6.19. The van der Waals surface area contributed by atoms with E-state index in [4.69, 9.17) is 9.72 Å². The van der Waals surface area contributed by atoms with E-state index in [9.17, 15) is 18.0 Å². The average Bonchev–Trinajstić information content (AvgIpc) is 3.59. The van der Waals surface area contributed by atoms with Crippen molar-refractivity contribution in [3.8, 4) is 21.8 Å². The normalized spacial score (nSPS) is 16.1. The van der Waals surface area contributed by atoms with Gasteiger partial charge in [-0.3, -0.25) is 9.59 Å². The van der Waals surface area contributed by atoms with Gasteiger partial charge in [0.05, 0.1) is 57.5 Å². The fourth-order valence-electron chi connectivity index (χ4n) is 7.24. The highest BCUT2D eigenvalue weighted by atomic mass is 32.2. The van der Waals surface area contributed by atoms with Gasteiger partial charge < -0.3 is 14.2 Å². The molecule has 0 radical (unpaired) electrons. The van der Waals surface area contributed by atoms with Gasteiger partial charge in [0.25, 0.3) is 5.91 Å². The van der Waals surface area contributed by atoms with Crippen molar-refractivity contribution in [1.29, 1.82) is 0 Å². The summed E-state index contributed by atoms with van der Waals surface area (Å²) in [6.07, 6.45) is 6.47. The summed E-state index contributed by atoms with van der Waals surface area (Å²) < 4.78 is 33.5. The summed E-state index contributed by atoms with van der Waals surface area (Å²) in [6.45, 7) is 6.12. The highest BCUT2D eigenvalue weighted by molar-refractivity contribution is 7.89. The molecule has 1 aliphatic carbocycles. The van der Waals surface area contributed by atoms with Crippen LogP contribution < -0.4 is 4.72 Å². The number of amides is 2. The zero-order chi connectivity index (χ0) is 33.6. The van der Waals surface area contributed by atoms with E-state index in [2.05, 4.69) is 27.9 Å². The Hall–Kier alpha value is -4.13. The van der Waals surface area contributed by atoms with Crippen molar-refractivity contribution >= 4 is 55.0 Å². The summed E-state index contributed by atoms with van der Waals surface area (Å²) in [5.74, 6) is -0.452. The van der Waals surface area contributed by atoms with Crippen molar-refractivity contribution < 1.29 is 22.7 Å². The first-order valence-corrected chi connectivity index (χ1v) is 19.2. The van der Waals surface area contributed by atoms with Gasteiger partial charge in [-0.25, -0.2) is 23.1 Å². The van der Waals surface area contributed by atoms with E-state index >= 15 is 0 Å². The van der Waals surface area contributed by atoms with E-state index < -0.39 is 15.9 Å². The number of rotatable bonds is 7. The Balaban J connectivity index is 1.41. The van der Waals surface area contributed by atoms with E-state index in [1.54, 1.807) is 23.5 Å². The molecule has 2 aromatic carbocycles. The Labute approximate surface area is 284 Å². The molecule has 0 atom stereocenters. The Morgan fingerprint density at radius 2 is 1.75 bits per heavy atom. The summed E-state index contributed by atoms with van der Waals surface area (Å²) in [7, 11) is -3.76. The number of ether oxygens (including phenoxy) is 1. The number of nitrogens with one attached hydrogen (secondary N) is 1. The maximum atomic E-state index is 13.9.